The second-order valence-corrected chi connectivity index (χ2v) is 4.73. The molecule has 0 aromatic rings. The van der Waals surface area contributed by atoms with E-state index in [2.05, 4.69) is 22.6 Å². The lowest BCUT2D eigenvalue weighted by Crippen LogP contribution is -2.16. The van der Waals surface area contributed by atoms with Gasteiger partial charge in [-0.05, 0) is 38.8 Å². The zero-order chi connectivity index (χ0) is 12.7. The highest BCUT2D eigenvalue weighted by molar-refractivity contribution is 5.98. The van der Waals surface area contributed by atoms with Crippen molar-refractivity contribution in [2.75, 3.05) is 7.05 Å². The van der Waals surface area contributed by atoms with Crippen LogP contribution in [0, 0.1) is 5.92 Å². The first kappa shape index (κ1) is 13.9. The van der Waals surface area contributed by atoms with Gasteiger partial charge < -0.3 is 0 Å². The molecule has 0 radical (unpaired) electrons. The Morgan fingerprint density at radius 1 is 1.18 bits per heavy atom. The van der Waals surface area contributed by atoms with Crippen molar-refractivity contribution in [2.45, 2.75) is 46.0 Å². The van der Waals surface area contributed by atoms with Gasteiger partial charge in [0.1, 0.15) is 0 Å². The predicted octanol–water partition coefficient (Wildman–Crippen LogP) is 4.19. The molecule has 2 heteroatoms. The Labute approximate surface area is 105 Å². The molecule has 1 aliphatic carbocycles. The Balaban J connectivity index is 2.74. The summed E-state index contributed by atoms with van der Waals surface area (Å²) < 4.78 is 0. The lowest BCUT2D eigenvalue weighted by Gasteiger charge is -2.21. The SMILES string of the molecule is C=CC(C)=N/C(C)=C/C(=NC)C1CCCCC1. The van der Waals surface area contributed by atoms with Gasteiger partial charge in [0.2, 0.25) is 0 Å². The average Bonchev–Trinajstić information content (AvgIpc) is 2.36. The maximum Gasteiger partial charge on any atom is 0.0393 e. The third-order valence-corrected chi connectivity index (χ3v) is 3.29. The van der Waals surface area contributed by atoms with Crippen LogP contribution in [0.5, 0.6) is 0 Å². The molecule has 0 N–H and O–H groups in total. The summed E-state index contributed by atoms with van der Waals surface area (Å²) in [5.41, 5.74) is 3.19. The van der Waals surface area contributed by atoms with Crippen LogP contribution in [-0.4, -0.2) is 18.5 Å². The molecule has 0 atom stereocenters. The summed E-state index contributed by atoms with van der Waals surface area (Å²) >= 11 is 0. The molecule has 0 spiro atoms. The zero-order valence-electron chi connectivity index (χ0n) is 11.4. The Morgan fingerprint density at radius 3 is 2.35 bits per heavy atom. The van der Waals surface area contributed by atoms with Crippen LogP contribution < -0.4 is 0 Å². The minimum atomic E-state index is 0.642. The number of rotatable bonds is 4. The van der Waals surface area contributed by atoms with E-state index in [0.29, 0.717) is 5.92 Å². The molecule has 0 aliphatic heterocycles. The van der Waals surface area contributed by atoms with Gasteiger partial charge in [-0.3, -0.25) is 9.98 Å². The van der Waals surface area contributed by atoms with Crippen molar-refractivity contribution in [3.8, 4) is 0 Å². The molecule has 0 aromatic heterocycles. The molecular formula is C15H24N2. The highest BCUT2D eigenvalue weighted by Crippen LogP contribution is 2.25. The number of aliphatic imine (C=N–C) groups is 2. The fourth-order valence-electron chi connectivity index (χ4n) is 2.33. The molecule has 0 heterocycles. The van der Waals surface area contributed by atoms with Crippen molar-refractivity contribution >= 4 is 11.4 Å². The first-order valence-corrected chi connectivity index (χ1v) is 6.50. The second kappa shape index (κ2) is 7.21. The molecule has 17 heavy (non-hydrogen) atoms. The summed E-state index contributed by atoms with van der Waals surface area (Å²) in [4.78, 5) is 8.89. The van der Waals surface area contributed by atoms with Crippen LogP contribution in [-0.2, 0) is 0 Å². The Morgan fingerprint density at radius 2 is 1.82 bits per heavy atom. The standard InChI is InChI=1S/C15H24N2/c1-5-12(2)17-13(3)11-15(16-4)14-9-7-6-8-10-14/h5,11,14H,1,6-10H2,2-4H3/b13-11+,16-15?,17-12?. The third-order valence-electron chi connectivity index (χ3n) is 3.29. The van der Waals surface area contributed by atoms with Crippen molar-refractivity contribution < 1.29 is 0 Å². The molecule has 94 valence electrons. The third kappa shape index (κ3) is 4.68. The van der Waals surface area contributed by atoms with Gasteiger partial charge in [0.25, 0.3) is 0 Å². The average molecular weight is 232 g/mol. The Hall–Kier alpha value is -1.18. The summed E-state index contributed by atoms with van der Waals surface area (Å²) in [5, 5.41) is 0. The van der Waals surface area contributed by atoms with Crippen molar-refractivity contribution in [3.05, 3.63) is 24.4 Å². The van der Waals surface area contributed by atoms with Crippen molar-refractivity contribution in [1.82, 2.24) is 0 Å². The molecule has 1 rings (SSSR count). The van der Waals surface area contributed by atoms with Gasteiger partial charge in [0.05, 0.1) is 0 Å². The number of hydrogen-bond acceptors (Lipinski definition) is 2. The lowest BCUT2D eigenvalue weighted by molar-refractivity contribution is 0.440. The summed E-state index contributed by atoms with van der Waals surface area (Å²) in [6.07, 6.45) is 10.5. The van der Waals surface area contributed by atoms with Crippen LogP contribution in [0.1, 0.15) is 46.0 Å². The minimum Gasteiger partial charge on any atom is -0.293 e. The van der Waals surface area contributed by atoms with Gasteiger partial charge in [-0.1, -0.05) is 25.8 Å². The van der Waals surface area contributed by atoms with Gasteiger partial charge in [0, 0.05) is 30.1 Å². The van der Waals surface area contributed by atoms with E-state index in [9.17, 15) is 0 Å². The van der Waals surface area contributed by atoms with Gasteiger partial charge >= 0.3 is 0 Å². The van der Waals surface area contributed by atoms with E-state index < -0.39 is 0 Å². The highest BCUT2D eigenvalue weighted by Gasteiger charge is 2.17. The van der Waals surface area contributed by atoms with Crippen LogP contribution in [0.3, 0.4) is 0 Å². The summed E-state index contributed by atoms with van der Waals surface area (Å²) in [7, 11) is 1.89. The van der Waals surface area contributed by atoms with E-state index in [1.807, 2.05) is 20.9 Å². The van der Waals surface area contributed by atoms with Crippen LogP contribution in [0.4, 0.5) is 0 Å². The van der Waals surface area contributed by atoms with E-state index in [1.54, 1.807) is 6.08 Å². The van der Waals surface area contributed by atoms with Crippen molar-refractivity contribution in [2.24, 2.45) is 15.9 Å². The molecule has 0 saturated heterocycles. The van der Waals surface area contributed by atoms with Gasteiger partial charge in [-0.25, -0.2) is 0 Å². The molecule has 0 unspecified atom stereocenters. The fraction of sp³-hybridized carbons (Fsp3) is 0.600. The fourth-order valence-corrected chi connectivity index (χ4v) is 2.33. The lowest BCUT2D eigenvalue weighted by atomic mass is 9.85. The largest absolute Gasteiger partial charge is 0.293 e. The maximum absolute atomic E-state index is 4.46. The van der Waals surface area contributed by atoms with E-state index in [-0.39, 0.29) is 0 Å². The van der Waals surface area contributed by atoms with E-state index in [4.69, 9.17) is 0 Å². The molecule has 1 saturated carbocycles. The molecule has 0 amide bonds. The monoisotopic (exact) mass is 232 g/mol. The van der Waals surface area contributed by atoms with Gasteiger partial charge in [-0.2, -0.15) is 0 Å². The summed E-state index contributed by atoms with van der Waals surface area (Å²) in [6.45, 7) is 7.71. The first-order valence-electron chi connectivity index (χ1n) is 6.50. The van der Waals surface area contributed by atoms with Crippen LogP contribution in [0.2, 0.25) is 0 Å². The zero-order valence-corrected chi connectivity index (χ0v) is 11.4. The van der Waals surface area contributed by atoms with E-state index >= 15 is 0 Å². The van der Waals surface area contributed by atoms with Crippen LogP contribution >= 0.6 is 0 Å². The normalized spacial score (nSPS) is 20.5. The van der Waals surface area contributed by atoms with Gasteiger partial charge in [-0.15, -0.1) is 0 Å². The molecule has 1 fully saturated rings. The smallest absolute Gasteiger partial charge is 0.0393 e. The summed E-state index contributed by atoms with van der Waals surface area (Å²) in [6, 6.07) is 0. The second-order valence-electron chi connectivity index (χ2n) is 4.73. The number of hydrogen-bond donors (Lipinski definition) is 0. The molecular weight excluding hydrogens is 208 g/mol. The highest BCUT2D eigenvalue weighted by atomic mass is 14.8. The Kier molecular flexibility index (Phi) is 5.88. The first-order chi connectivity index (χ1) is 8.17. The molecule has 0 aromatic carbocycles. The molecule has 1 aliphatic rings. The van der Waals surface area contributed by atoms with Gasteiger partial charge in [0.15, 0.2) is 0 Å². The van der Waals surface area contributed by atoms with Crippen LogP contribution in [0.25, 0.3) is 0 Å². The number of allylic oxidation sites excluding steroid dienone is 3. The van der Waals surface area contributed by atoms with Crippen molar-refractivity contribution in [3.63, 3.8) is 0 Å². The molecule has 0 bridgehead atoms. The van der Waals surface area contributed by atoms with Crippen LogP contribution in [0.15, 0.2) is 34.4 Å². The van der Waals surface area contributed by atoms with E-state index in [1.165, 1.54) is 37.8 Å². The predicted molar refractivity (Wildman–Crippen MR) is 77.0 cm³/mol. The van der Waals surface area contributed by atoms with E-state index in [0.717, 1.165) is 11.4 Å². The molecule has 2 nitrogen and oxygen atoms in total. The summed E-state index contributed by atoms with van der Waals surface area (Å²) in [5.74, 6) is 0.642. The Bertz CT molecular complexity index is 342. The van der Waals surface area contributed by atoms with Crippen molar-refractivity contribution in [1.29, 1.82) is 0 Å². The quantitative estimate of drug-likeness (QED) is 0.649. The number of nitrogens with zero attached hydrogens (tertiary/aromatic N) is 2. The topological polar surface area (TPSA) is 24.7 Å². The maximum atomic E-state index is 4.46. The minimum absolute atomic E-state index is 0.642.